The van der Waals surface area contributed by atoms with Gasteiger partial charge in [-0.15, -0.1) is 0 Å². The minimum atomic E-state index is -4.13. The number of aromatic nitrogens is 2. The van der Waals surface area contributed by atoms with Crippen molar-refractivity contribution in [2.45, 2.75) is 32.9 Å². The van der Waals surface area contributed by atoms with Gasteiger partial charge in [-0.05, 0) is 31.4 Å². The Bertz CT molecular complexity index is 771. The third-order valence-corrected chi connectivity index (χ3v) is 5.10. The first-order valence-corrected chi connectivity index (χ1v) is 9.32. The van der Waals surface area contributed by atoms with Gasteiger partial charge in [0.1, 0.15) is 0 Å². The van der Waals surface area contributed by atoms with Crippen molar-refractivity contribution in [3.05, 3.63) is 28.0 Å². The number of aromatic amines is 1. The van der Waals surface area contributed by atoms with E-state index in [1.165, 1.54) is 0 Å². The van der Waals surface area contributed by atoms with E-state index in [2.05, 4.69) is 20.9 Å². The van der Waals surface area contributed by atoms with Gasteiger partial charge in [-0.2, -0.15) is 0 Å². The molecule has 0 aliphatic heterocycles. The molecule has 0 aliphatic carbocycles. The number of nitrogens with zero attached hydrogens (tertiary/aromatic N) is 1. The zero-order chi connectivity index (χ0) is 16.3. The maximum Gasteiger partial charge on any atom is 0.253 e. The summed E-state index contributed by atoms with van der Waals surface area (Å²) in [7, 11) is -2.48. The van der Waals surface area contributed by atoms with Crippen LogP contribution in [-0.4, -0.2) is 30.8 Å². The molecule has 122 valence electrons. The average molecular weight is 391 g/mol. The van der Waals surface area contributed by atoms with E-state index < -0.39 is 10.1 Å². The summed E-state index contributed by atoms with van der Waals surface area (Å²) in [6, 6.07) is 3.98. The van der Waals surface area contributed by atoms with Crippen molar-refractivity contribution in [1.82, 2.24) is 4.98 Å². The van der Waals surface area contributed by atoms with Gasteiger partial charge in [0, 0.05) is 29.8 Å². The molecule has 1 heterocycles. The van der Waals surface area contributed by atoms with Crippen LogP contribution in [0, 0.1) is 6.92 Å². The molecular weight excluding hydrogens is 372 g/mol. The predicted molar refractivity (Wildman–Crippen MR) is 85.4 cm³/mol. The maximum absolute atomic E-state index is 10.7. The van der Waals surface area contributed by atoms with Gasteiger partial charge < -0.3 is 9.29 Å². The number of halogens is 1. The fourth-order valence-electron chi connectivity index (χ4n) is 2.52. The largest absolute Gasteiger partial charge is 0.748 e. The minimum absolute atomic E-state index is 0.311. The Labute approximate surface area is 138 Å². The molecule has 8 heteroatoms. The van der Waals surface area contributed by atoms with Crippen molar-refractivity contribution in [1.29, 1.82) is 0 Å². The topological polar surface area (TPSA) is 86.1 Å². The number of aryl methyl sites for hydroxylation is 2. The monoisotopic (exact) mass is 390 g/mol. The van der Waals surface area contributed by atoms with Gasteiger partial charge in [0.15, 0.2) is 17.8 Å². The van der Waals surface area contributed by atoms with E-state index in [-0.39, 0.29) is 5.75 Å². The number of methoxy groups -OCH3 is 1. The van der Waals surface area contributed by atoms with Crippen LogP contribution in [0.5, 0.6) is 0 Å². The Morgan fingerprint density at radius 3 is 2.73 bits per heavy atom. The molecule has 0 saturated carbocycles. The van der Waals surface area contributed by atoms with Crippen molar-refractivity contribution in [2.75, 3.05) is 12.9 Å². The Hall–Kier alpha value is -0.960. The molecule has 2 aromatic rings. The number of imidazole rings is 1. The van der Waals surface area contributed by atoms with E-state index >= 15 is 0 Å². The summed E-state index contributed by atoms with van der Waals surface area (Å²) in [5.74, 6) is 0.673. The number of H-pyrrole nitrogens is 1. The lowest BCUT2D eigenvalue weighted by molar-refractivity contribution is -0.712. The second-order valence-corrected chi connectivity index (χ2v) is 7.57. The zero-order valence-electron chi connectivity index (χ0n) is 12.6. The van der Waals surface area contributed by atoms with Gasteiger partial charge in [-0.3, -0.25) is 0 Å². The summed E-state index contributed by atoms with van der Waals surface area (Å²) >= 11 is 3.54. The van der Waals surface area contributed by atoms with Gasteiger partial charge in [0.2, 0.25) is 0 Å². The van der Waals surface area contributed by atoms with Gasteiger partial charge in [0.05, 0.1) is 10.1 Å². The second-order valence-electron chi connectivity index (χ2n) is 5.20. The summed E-state index contributed by atoms with van der Waals surface area (Å²) in [6.07, 6.45) is 1.70. The van der Waals surface area contributed by atoms with Crippen LogP contribution in [-0.2, 0) is 28.0 Å². The smallest absolute Gasteiger partial charge is 0.253 e. The van der Waals surface area contributed by atoms with E-state index in [0.717, 1.165) is 26.9 Å². The van der Waals surface area contributed by atoms with Crippen LogP contribution >= 0.6 is 15.9 Å². The van der Waals surface area contributed by atoms with Crippen LogP contribution in [0.4, 0.5) is 0 Å². The normalized spacial score (nSPS) is 12.2. The van der Waals surface area contributed by atoms with Crippen molar-refractivity contribution >= 4 is 37.1 Å². The first kappa shape index (κ1) is 17.4. The summed E-state index contributed by atoms with van der Waals surface area (Å²) in [4.78, 5) is 3.35. The molecule has 6 nitrogen and oxygen atoms in total. The first-order chi connectivity index (χ1) is 10.3. The van der Waals surface area contributed by atoms with Crippen LogP contribution in [0.15, 0.2) is 16.6 Å². The molecular formula is C14H19BrN2O4S. The number of benzene rings is 1. The van der Waals surface area contributed by atoms with Crippen LogP contribution < -0.4 is 4.57 Å². The second kappa shape index (κ2) is 7.08. The third kappa shape index (κ3) is 4.07. The van der Waals surface area contributed by atoms with Crippen LogP contribution in [0.3, 0.4) is 0 Å². The van der Waals surface area contributed by atoms with Crippen LogP contribution in [0.25, 0.3) is 11.0 Å². The van der Waals surface area contributed by atoms with E-state index in [9.17, 15) is 13.0 Å². The molecule has 0 amide bonds. The highest BCUT2D eigenvalue weighted by molar-refractivity contribution is 9.10. The van der Waals surface area contributed by atoms with E-state index in [1.54, 1.807) is 7.11 Å². The quantitative estimate of drug-likeness (QED) is 0.444. The molecule has 22 heavy (non-hydrogen) atoms. The van der Waals surface area contributed by atoms with Crippen molar-refractivity contribution in [3.8, 4) is 0 Å². The minimum Gasteiger partial charge on any atom is -0.748 e. The number of ether oxygens (including phenoxy) is 1. The Morgan fingerprint density at radius 1 is 1.36 bits per heavy atom. The van der Waals surface area contributed by atoms with Crippen LogP contribution in [0.2, 0.25) is 0 Å². The van der Waals surface area contributed by atoms with E-state index in [1.807, 2.05) is 23.6 Å². The lowest BCUT2D eigenvalue weighted by Crippen LogP contribution is -2.36. The fourth-order valence-corrected chi connectivity index (χ4v) is 3.61. The molecule has 0 bridgehead atoms. The summed E-state index contributed by atoms with van der Waals surface area (Å²) in [5.41, 5.74) is 3.13. The lowest BCUT2D eigenvalue weighted by atomic mass is 10.1. The third-order valence-electron chi connectivity index (χ3n) is 3.56. The summed E-state index contributed by atoms with van der Waals surface area (Å²) in [6.45, 7) is 2.43. The molecule has 2 rings (SSSR count). The molecule has 0 fully saturated rings. The zero-order valence-corrected chi connectivity index (χ0v) is 15.0. The molecule has 1 aromatic heterocycles. The van der Waals surface area contributed by atoms with Gasteiger partial charge in [0.25, 0.3) is 5.82 Å². The number of nitrogens with one attached hydrogen (secondary N) is 1. The highest BCUT2D eigenvalue weighted by Gasteiger charge is 2.19. The number of hydrogen-bond acceptors (Lipinski definition) is 4. The molecule has 0 aliphatic rings. The Balaban J connectivity index is 2.25. The van der Waals surface area contributed by atoms with Crippen molar-refractivity contribution < 1.29 is 22.3 Å². The number of fused-ring (bicyclic) bond motifs is 1. The van der Waals surface area contributed by atoms with Gasteiger partial charge in [-0.1, -0.05) is 15.9 Å². The van der Waals surface area contributed by atoms with Crippen molar-refractivity contribution in [3.63, 3.8) is 0 Å². The Kier molecular flexibility index (Phi) is 5.60. The molecule has 0 atom stereocenters. The van der Waals surface area contributed by atoms with Crippen molar-refractivity contribution in [2.24, 2.45) is 0 Å². The van der Waals surface area contributed by atoms with Gasteiger partial charge in [-0.25, -0.2) is 18.0 Å². The summed E-state index contributed by atoms with van der Waals surface area (Å²) < 4.78 is 40.2. The van der Waals surface area contributed by atoms with Gasteiger partial charge >= 0.3 is 0 Å². The highest BCUT2D eigenvalue weighted by atomic mass is 79.9. The predicted octanol–water partition coefficient (Wildman–Crippen LogP) is 2.00. The average Bonchev–Trinajstić information content (AvgIpc) is 2.73. The maximum atomic E-state index is 10.7. The molecule has 0 saturated heterocycles. The highest BCUT2D eigenvalue weighted by Crippen LogP contribution is 2.26. The molecule has 0 spiro atoms. The van der Waals surface area contributed by atoms with Crippen LogP contribution in [0.1, 0.15) is 24.2 Å². The number of rotatable bonds is 7. The Morgan fingerprint density at radius 2 is 2.09 bits per heavy atom. The van der Waals surface area contributed by atoms with E-state index in [4.69, 9.17) is 4.74 Å². The van der Waals surface area contributed by atoms with E-state index in [0.29, 0.717) is 26.0 Å². The molecule has 0 radical (unpaired) electrons. The SMILES string of the molecule is COC[n+]1c(C)[nH]c2c(CCCCS(=O)(=O)[O-])c(Br)ccc21. The summed E-state index contributed by atoms with van der Waals surface area (Å²) in [5, 5.41) is 0. The lowest BCUT2D eigenvalue weighted by Gasteiger charge is -2.07. The standard InChI is InChI=1S/C14H19BrN2O4S/c1-10-16-14-11(5-3-4-8-22(18,19)20)12(15)6-7-13(14)17(10)9-21-2/h6-7H,3-5,8-9H2,1-2H3,(H,18,19,20). The molecule has 1 aromatic carbocycles. The molecule has 0 unspecified atom stereocenters. The molecule has 1 N–H and O–H groups in total. The first-order valence-electron chi connectivity index (χ1n) is 6.95. The number of unbranched alkanes of at least 4 members (excludes halogenated alkanes) is 1. The number of hydrogen-bond donors (Lipinski definition) is 1. The fraction of sp³-hybridized carbons (Fsp3) is 0.500.